The van der Waals surface area contributed by atoms with E-state index in [9.17, 15) is 9.59 Å². The first-order chi connectivity index (χ1) is 14.0. The Morgan fingerprint density at radius 3 is 2.66 bits per heavy atom. The van der Waals surface area contributed by atoms with Gasteiger partial charge in [-0.15, -0.1) is 0 Å². The molecule has 160 valence electrons. The van der Waals surface area contributed by atoms with Crippen LogP contribution in [0.15, 0.2) is 18.6 Å². The van der Waals surface area contributed by atoms with Crippen molar-refractivity contribution in [2.45, 2.75) is 64.3 Å². The van der Waals surface area contributed by atoms with E-state index in [2.05, 4.69) is 34.0 Å². The maximum Gasteiger partial charge on any atom is 0.272 e. The Kier molecular flexibility index (Phi) is 7.58. The quantitative estimate of drug-likeness (QED) is 0.842. The zero-order valence-electron chi connectivity index (χ0n) is 17.9. The highest BCUT2D eigenvalue weighted by molar-refractivity contribution is 5.92. The van der Waals surface area contributed by atoms with Gasteiger partial charge >= 0.3 is 0 Å². The topological polar surface area (TPSA) is 78.4 Å². The van der Waals surface area contributed by atoms with E-state index < -0.39 is 0 Å². The van der Waals surface area contributed by atoms with E-state index in [1.165, 1.54) is 25.6 Å². The first-order valence-electron chi connectivity index (χ1n) is 11.1. The van der Waals surface area contributed by atoms with Crippen LogP contribution in [-0.4, -0.2) is 69.8 Å². The molecule has 1 N–H and O–H groups in total. The van der Waals surface area contributed by atoms with Gasteiger partial charge in [-0.05, 0) is 31.2 Å². The Balaban J connectivity index is 1.77. The van der Waals surface area contributed by atoms with Crippen LogP contribution in [0.25, 0.3) is 0 Å². The summed E-state index contributed by atoms with van der Waals surface area (Å²) in [7, 11) is 0. The van der Waals surface area contributed by atoms with Crippen molar-refractivity contribution < 1.29 is 9.59 Å². The minimum atomic E-state index is -0.0938. The molecule has 0 aromatic carbocycles. The van der Waals surface area contributed by atoms with Gasteiger partial charge in [-0.3, -0.25) is 14.5 Å². The van der Waals surface area contributed by atoms with E-state index in [1.807, 2.05) is 4.90 Å². The van der Waals surface area contributed by atoms with Crippen LogP contribution in [0.4, 0.5) is 0 Å². The van der Waals surface area contributed by atoms with E-state index in [4.69, 9.17) is 0 Å². The number of rotatable bonds is 3. The number of amides is 2. The van der Waals surface area contributed by atoms with Crippen LogP contribution in [0, 0.1) is 5.92 Å². The molecule has 1 aliphatic carbocycles. The van der Waals surface area contributed by atoms with Crippen molar-refractivity contribution in [2.24, 2.45) is 5.92 Å². The van der Waals surface area contributed by atoms with Crippen molar-refractivity contribution in [3.05, 3.63) is 24.3 Å². The van der Waals surface area contributed by atoms with E-state index in [0.717, 1.165) is 32.4 Å². The zero-order valence-corrected chi connectivity index (χ0v) is 17.9. The molecule has 0 atom stereocenters. The maximum absolute atomic E-state index is 12.9. The highest BCUT2D eigenvalue weighted by atomic mass is 16.2. The molecule has 0 bridgehead atoms. The molecule has 1 saturated heterocycles. The highest BCUT2D eigenvalue weighted by Crippen LogP contribution is 2.37. The average molecular weight is 402 g/mol. The van der Waals surface area contributed by atoms with Gasteiger partial charge in [0, 0.05) is 50.9 Å². The van der Waals surface area contributed by atoms with Gasteiger partial charge in [0.15, 0.2) is 0 Å². The Morgan fingerprint density at radius 1 is 1.17 bits per heavy atom. The van der Waals surface area contributed by atoms with Crippen molar-refractivity contribution in [1.82, 2.24) is 25.1 Å². The normalized spacial score (nSPS) is 21.6. The van der Waals surface area contributed by atoms with E-state index in [0.29, 0.717) is 37.7 Å². The summed E-state index contributed by atoms with van der Waals surface area (Å²) in [4.78, 5) is 38.1. The Hall–Kier alpha value is -2.02. The second-order valence-electron chi connectivity index (χ2n) is 8.89. The molecule has 1 aliphatic heterocycles. The molecule has 0 unspecified atom stereocenters. The fraction of sp³-hybridized carbons (Fsp3) is 0.727. The lowest BCUT2D eigenvalue weighted by Crippen LogP contribution is -2.54. The summed E-state index contributed by atoms with van der Waals surface area (Å²) in [5.41, 5.74) is 0.377. The van der Waals surface area contributed by atoms with Gasteiger partial charge in [-0.2, -0.15) is 0 Å². The van der Waals surface area contributed by atoms with Crippen molar-refractivity contribution in [3.8, 4) is 0 Å². The lowest BCUT2D eigenvalue weighted by Gasteiger charge is -2.47. The number of carbonyl (C=O) groups is 2. The average Bonchev–Trinajstić information content (AvgIpc) is 2.74. The third-order valence-corrected chi connectivity index (χ3v) is 6.18. The molecule has 1 aromatic rings. The molecule has 0 radical (unpaired) electrons. The molecule has 2 aliphatic rings. The molecule has 1 spiro atoms. The summed E-state index contributed by atoms with van der Waals surface area (Å²) in [6.07, 6.45) is 10.3. The second-order valence-corrected chi connectivity index (χ2v) is 8.89. The predicted molar refractivity (Wildman–Crippen MR) is 112 cm³/mol. The van der Waals surface area contributed by atoms with Crippen LogP contribution in [0.1, 0.15) is 69.3 Å². The van der Waals surface area contributed by atoms with Gasteiger partial charge in [0.25, 0.3) is 5.91 Å². The number of aromatic nitrogens is 2. The Morgan fingerprint density at radius 2 is 1.97 bits per heavy atom. The van der Waals surface area contributed by atoms with Gasteiger partial charge in [0.05, 0.1) is 0 Å². The minimum Gasteiger partial charge on any atom is -0.354 e. The lowest BCUT2D eigenvalue weighted by atomic mass is 9.77. The third-order valence-electron chi connectivity index (χ3n) is 6.18. The van der Waals surface area contributed by atoms with Gasteiger partial charge in [0.2, 0.25) is 5.91 Å². The fourth-order valence-electron chi connectivity index (χ4n) is 4.82. The van der Waals surface area contributed by atoms with E-state index in [1.54, 1.807) is 12.3 Å². The van der Waals surface area contributed by atoms with Crippen LogP contribution in [0.2, 0.25) is 0 Å². The number of nitrogens with one attached hydrogen (secondary N) is 1. The first-order valence-corrected chi connectivity index (χ1v) is 11.1. The smallest absolute Gasteiger partial charge is 0.272 e. The number of nitrogens with zero attached hydrogens (tertiary/aromatic N) is 4. The van der Waals surface area contributed by atoms with Crippen molar-refractivity contribution in [2.75, 3.05) is 32.7 Å². The standard InChI is InChI=1S/C22H35N5O2/c1-18(2)16-27-13-6-12-26(21(29)19-7-10-23-17-25-19)14-11-24-20(28)15-22(27)8-4-3-5-9-22/h7,10,17-18H,3-6,8-9,11-16H2,1-2H3,(H,24,28). The molecular formula is C22H35N5O2. The molecular weight excluding hydrogens is 366 g/mol. The van der Waals surface area contributed by atoms with Crippen LogP contribution < -0.4 is 5.32 Å². The van der Waals surface area contributed by atoms with Crippen LogP contribution in [0.3, 0.4) is 0 Å². The van der Waals surface area contributed by atoms with Crippen molar-refractivity contribution >= 4 is 11.8 Å². The van der Waals surface area contributed by atoms with Crippen molar-refractivity contribution in [1.29, 1.82) is 0 Å². The summed E-state index contributed by atoms with van der Waals surface area (Å²) in [6, 6.07) is 1.65. The molecule has 7 nitrogen and oxygen atoms in total. The summed E-state index contributed by atoms with van der Waals surface area (Å²) in [6.45, 7) is 8.05. The first kappa shape index (κ1) is 21.7. The molecule has 2 fully saturated rings. The summed E-state index contributed by atoms with van der Waals surface area (Å²) >= 11 is 0. The SMILES string of the molecule is CC(C)CN1CCCN(C(=O)c2ccncn2)CCNC(=O)CC12CCCCC2. The second kappa shape index (κ2) is 10.1. The molecule has 2 amide bonds. The molecule has 1 aromatic heterocycles. The lowest BCUT2D eigenvalue weighted by molar-refractivity contribution is -0.125. The van der Waals surface area contributed by atoms with Crippen LogP contribution in [-0.2, 0) is 4.79 Å². The minimum absolute atomic E-state index is 0.0293. The van der Waals surface area contributed by atoms with Crippen LogP contribution in [0.5, 0.6) is 0 Å². The number of hydrogen-bond acceptors (Lipinski definition) is 5. The molecule has 29 heavy (non-hydrogen) atoms. The number of carbonyl (C=O) groups excluding carboxylic acids is 2. The Labute approximate surface area is 174 Å². The zero-order chi connectivity index (χ0) is 20.7. The van der Waals surface area contributed by atoms with E-state index in [-0.39, 0.29) is 17.4 Å². The summed E-state index contributed by atoms with van der Waals surface area (Å²) in [5, 5.41) is 3.07. The van der Waals surface area contributed by atoms with Gasteiger partial charge in [0.1, 0.15) is 12.0 Å². The molecule has 7 heteroatoms. The number of hydrogen-bond donors (Lipinski definition) is 1. The monoisotopic (exact) mass is 401 g/mol. The molecule has 1 saturated carbocycles. The molecule has 2 heterocycles. The van der Waals surface area contributed by atoms with Gasteiger partial charge in [-0.1, -0.05) is 33.1 Å². The summed E-state index contributed by atoms with van der Waals surface area (Å²) < 4.78 is 0. The predicted octanol–water partition coefficient (Wildman–Crippen LogP) is 2.49. The summed E-state index contributed by atoms with van der Waals surface area (Å²) in [5.74, 6) is 0.557. The third kappa shape index (κ3) is 5.75. The van der Waals surface area contributed by atoms with Gasteiger partial charge < -0.3 is 10.2 Å². The van der Waals surface area contributed by atoms with Crippen LogP contribution >= 0.6 is 0 Å². The maximum atomic E-state index is 12.9. The van der Waals surface area contributed by atoms with Crippen molar-refractivity contribution in [3.63, 3.8) is 0 Å². The van der Waals surface area contributed by atoms with E-state index >= 15 is 0 Å². The Bertz CT molecular complexity index is 673. The van der Waals surface area contributed by atoms with Gasteiger partial charge in [-0.25, -0.2) is 9.97 Å². The largest absolute Gasteiger partial charge is 0.354 e. The fourth-order valence-corrected chi connectivity index (χ4v) is 4.82. The molecule has 3 rings (SSSR count). The highest BCUT2D eigenvalue weighted by Gasteiger charge is 2.40.